The van der Waals surface area contributed by atoms with Crippen LogP contribution in [-0.4, -0.2) is 109 Å². The van der Waals surface area contributed by atoms with Crippen molar-refractivity contribution < 1.29 is 19.1 Å². The Hall–Kier alpha value is -5.99. The van der Waals surface area contributed by atoms with Gasteiger partial charge in [-0.25, -0.2) is 29.4 Å². The molecule has 15 heteroatoms. The van der Waals surface area contributed by atoms with Gasteiger partial charge in [0.05, 0.1) is 29.5 Å². The van der Waals surface area contributed by atoms with Gasteiger partial charge in [-0.2, -0.15) is 5.10 Å². The second kappa shape index (κ2) is 15.6. The van der Waals surface area contributed by atoms with Gasteiger partial charge >= 0.3 is 6.09 Å². The number of carbonyl (C=O) groups is 2. The van der Waals surface area contributed by atoms with Gasteiger partial charge in [0.1, 0.15) is 34.9 Å². The van der Waals surface area contributed by atoms with Crippen molar-refractivity contribution >= 4 is 40.5 Å². The maximum absolute atomic E-state index is 14.0. The van der Waals surface area contributed by atoms with Crippen molar-refractivity contribution in [1.82, 2.24) is 39.5 Å². The average Bonchev–Trinajstić information content (AvgIpc) is 3.62. The SMILES string of the molecule is CC(C)(C)OC(=O)N1CCN(c2ncc(N3CCC(C(=O)N4CCC[C@@H](n5nc(-c6ccc(Oc7ccccc7)cc6)c6c(N)ncnc65)C4)CC3)cn2)CC1. The van der Waals surface area contributed by atoms with E-state index in [9.17, 15) is 9.59 Å². The van der Waals surface area contributed by atoms with Gasteiger partial charge in [0.15, 0.2) is 5.65 Å². The number of rotatable bonds is 7. The molecule has 0 radical (unpaired) electrons. The Kier molecular flexibility index (Phi) is 10.3. The molecule has 3 fully saturated rings. The van der Waals surface area contributed by atoms with Crippen LogP contribution in [0, 0.1) is 5.92 Å². The molecule has 0 bridgehead atoms. The Bertz CT molecular complexity index is 2140. The summed E-state index contributed by atoms with van der Waals surface area (Å²) in [6, 6.07) is 17.4. The monoisotopic (exact) mass is 759 g/mol. The second-order valence-electron chi connectivity index (χ2n) is 15.7. The molecule has 2 amide bonds. The highest BCUT2D eigenvalue weighted by Crippen LogP contribution is 2.36. The van der Waals surface area contributed by atoms with E-state index in [1.54, 1.807) is 4.90 Å². The summed E-state index contributed by atoms with van der Waals surface area (Å²) in [6.45, 7) is 10.8. The lowest BCUT2D eigenvalue weighted by atomic mass is 9.93. The van der Waals surface area contributed by atoms with Crippen LogP contribution in [-0.2, 0) is 9.53 Å². The lowest BCUT2D eigenvalue weighted by Gasteiger charge is -2.38. The maximum atomic E-state index is 14.0. The van der Waals surface area contributed by atoms with Gasteiger partial charge in [-0.3, -0.25) is 4.79 Å². The van der Waals surface area contributed by atoms with E-state index < -0.39 is 5.60 Å². The normalized spacial score (nSPS) is 18.3. The summed E-state index contributed by atoms with van der Waals surface area (Å²) >= 11 is 0. The van der Waals surface area contributed by atoms with E-state index in [1.165, 1.54) is 6.33 Å². The summed E-state index contributed by atoms with van der Waals surface area (Å²) in [5.74, 6) is 2.65. The number of ether oxygens (including phenoxy) is 2. The predicted octanol–water partition coefficient (Wildman–Crippen LogP) is 5.80. The minimum Gasteiger partial charge on any atom is -0.457 e. The summed E-state index contributed by atoms with van der Waals surface area (Å²) in [7, 11) is 0. The molecule has 3 aliphatic rings. The number of nitrogen functional groups attached to an aromatic ring is 1. The number of hydrogen-bond acceptors (Lipinski definition) is 12. The topological polar surface area (TPSA) is 161 Å². The molecule has 0 aliphatic carbocycles. The Labute approximate surface area is 326 Å². The number of nitrogens with zero attached hydrogens (tertiary/aromatic N) is 10. The summed E-state index contributed by atoms with van der Waals surface area (Å²) in [4.78, 5) is 52.8. The number of piperidine rings is 2. The Morgan fingerprint density at radius 2 is 1.46 bits per heavy atom. The average molecular weight is 760 g/mol. The number of para-hydroxylation sites is 1. The standard InChI is InChI=1S/C41H49N11O4/c1-41(2,3)56-40(54)50-22-20-49(21-23-50)39-43-24-31(25-44-39)48-18-15-29(16-19-48)38(53)51-17-7-8-30(26-51)52-37-34(36(42)45-27-46-37)35(47-52)28-11-13-33(14-12-28)55-32-9-5-4-6-10-32/h4-6,9-14,24-25,27,29-30H,7-8,15-23,26H2,1-3H3,(H2,42,45,46)/t30-/m1/s1. The highest BCUT2D eigenvalue weighted by molar-refractivity contribution is 5.98. The number of amides is 2. The van der Waals surface area contributed by atoms with E-state index >= 15 is 0 Å². The minimum absolute atomic E-state index is 0.0463. The van der Waals surface area contributed by atoms with Gasteiger partial charge in [0.2, 0.25) is 11.9 Å². The zero-order chi connectivity index (χ0) is 38.8. The van der Waals surface area contributed by atoms with Crippen LogP contribution in [0.2, 0.25) is 0 Å². The van der Waals surface area contributed by atoms with Crippen molar-refractivity contribution in [2.45, 2.75) is 58.1 Å². The van der Waals surface area contributed by atoms with Crippen molar-refractivity contribution in [3.05, 3.63) is 73.3 Å². The number of anilines is 3. The first-order valence-electron chi connectivity index (χ1n) is 19.5. The van der Waals surface area contributed by atoms with E-state index in [-0.39, 0.29) is 24.0 Å². The molecular formula is C41H49N11O4. The lowest BCUT2D eigenvalue weighted by Crippen LogP contribution is -2.50. The number of nitrogens with two attached hydrogens (primary N) is 1. The van der Waals surface area contributed by atoms with Crippen molar-refractivity contribution in [3.63, 3.8) is 0 Å². The summed E-state index contributed by atoms with van der Waals surface area (Å²) in [6.07, 6.45) is 8.19. The van der Waals surface area contributed by atoms with E-state index in [1.807, 2.05) is 97.3 Å². The summed E-state index contributed by atoms with van der Waals surface area (Å²) in [5, 5.41) is 5.78. The first-order valence-corrected chi connectivity index (χ1v) is 19.5. The minimum atomic E-state index is -0.520. The second-order valence-corrected chi connectivity index (χ2v) is 15.7. The molecule has 5 aromatic rings. The third-order valence-corrected chi connectivity index (χ3v) is 10.7. The Balaban J connectivity index is 0.877. The van der Waals surface area contributed by atoms with Crippen LogP contribution < -0.4 is 20.3 Å². The van der Waals surface area contributed by atoms with Crippen molar-refractivity contribution in [2.24, 2.45) is 5.92 Å². The number of aromatic nitrogens is 6. The van der Waals surface area contributed by atoms with Crippen LogP contribution in [0.1, 0.15) is 52.5 Å². The zero-order valence-corrected chi connectivity index (χ0v) is 32.3. The summed E-state index contributed by atoms with van der Waals surface area (Å²) in [5.41, 5.74) is 9.13. The number of hydrogen-bond donors (Lipinski definition) is 1. The van der Waals surface area contributed by atoms with Crippen LogP contribution in [0.5, 0.6) is 11.5 Å². The molecule has 15 nitrogen and oxygen atoms in total. The van der Waals surface area contributed by atoms with Gasteiger partial charge < -0.3 is 34.8 Å². The highest BCUT2D eigenvalue weighted by atomic mass is 16.6. The number of piperazine rings is 1. The quantitative estimate of drug-likeness (QED) is 0.213. The fourth-order valence-electron chi connectivity index (χ4n) is 7.81. The molecule has 3 saturated heterocycles. The molecule has 3 aliphatic heterocycles. The molecule has 1 atom stereocenters. The van der Waals surface area contributed by atoms with E-state index in [0.717, 1.165) is 68.1 Å². The van der Waals surface area contributed by atoms with E-state index in [0.29, 0.717) is 61.2 Å². The van der Waals surface area contributed by atoms with Gasteiger partial charge in [-0.15, -0.1) is 0 Å². The molecule has 8 rings (SSSR count). The van der Waals surface area contributed by atoms with Crippen molar-refractivity contribution in [1.29, 1.82) is 0 Å². The third kappa shape index (κ3) is 8.02. The molecule has 6 heterocycles. The van der Waals surface area contributed by atoms with E-state index in [2.05, 4.69) is 29.7 Å². The molecule has 0 spiro atoms. The number of likely N-dealkylation sites (tertiary alicyclic amines) is 1. The molecule has 0 unspecified atom stereocenters. The largest absolute Gasteiger partial charge is 0.457 e. The van der Waals surface area contributed by atoms with Crippen molar-refractivity contribution in [3.8, 4) is 22.8 Å². The lowest BCUT2D eigenvalue weighted by molar-refractivity contribution is -0.137. The molecule has 2 aromatic carbocycles. The van der Waals surface area contributed by atoms with Crippen LogP contribution in [0.25, 0.3) is 22.3 Å². The number of fused-ring (bicyclic) bond motifs is 1. The molecule has 0 saturated carbocycles. The number of benzene rings is 2. The molecule has 2 N–H and O–H groups in total. The molecule has 3 aromatic heterocycles. The van der Waals surface area contributed by atoms with Crippen LogP contribution in [0.4, 0.5) is 22.2 Å². The smallest absolute Gasteiger partial charge is 0.410 e. The first kappa shape index (κ1) is 37.0. The fourth-order valence-corrected chi connectivity index (χ4v) is 7.81. The van der Waals surface area contributed by atoms with Gasteiger partial charge in [0.25, 0.3) is 0 Å². The van der Waals surface area contributed by atoms with E-state index in [4.69, 9.17) is 20.3 Å². The molecular weight excluding hydrogens is 711 g/mol. The summed E-state index contributed by atoms with van der Waals surface area (Å²) < 4.78 is 13.5. The van der Waals surface area contributed by atoms with Crippen LogP contribution >= 0.6 is 0 Å². The van der Waals surface area contributed by atoms with Crippen molar-refractivity contribution in [2.75, 3.05) is 67.9 Å². The van der Waals surface area contributed by atoms with Gasteiger partial charge in [0, 0.05) is 63.8 Å². The zero-order valence-electron chi connectivity index (χ0n) is 32.3. The first-order chi connectivity index (χ1) is 27.1. The predicted molar refractivity (Wildman–Crippen MR) is 214 cm³/mol. The van der Waals surface area contributed by atoms with Crippen LogP contribution in [0.15, 0.2) is 73.3 Å². The Morgan fingerprint density at radius 1 is 0.768 bits per heavy atom. The van der Waals surface area contributed by atoms with Gasteiger partial charge in [-0.1, -0.05) is 18.2 Å². The maximum Gasteiger partial charge on any atom is 0.410 e. The van der Waals surface area contributed by atoms with Gasteiger partial charge in [-0.05, 0) is 82.9 Å². The fraction of sp³-hybridized carbons (Fsp3) is 0.439. The third-order valence-electron chi connectivity index (χ3n) is 10.7. The molecule has 292 valence electrons. The number of carbonyl (C=O) groups excluding carboxylic acids is 2. The van der Waals surface area contributed by atoms with Crippen LogP contribution in [0.3, 0.4) is 0 Å². The Morgan fingerprint density at radius 3 is 2.16 bits per heavy atom. The molecule has 56 heavy (non-hydrogen) atoms. The highest BCUT2D eigenvalue weighted by Gasteiger charge is 2.34.